The van der Waals surface area contributed by atoms with E-state index in [9.17, 15) is 17.6 Å². The summed E-state index contributed by atoms with van der Waals surface area (Å²) in [7, 11) is -4.04. The first-order chi connectivity index (χ1) is 12.4. The number of amides is 1. The predicted octanol–water partition coefficient (Wildman–Crippen LogP) is 3.51. The zero-order valence-electron chi connectivity index (χ0n) is 13.8. The van der Waals surface area contributed by atoms with Crippen LogP contribution in [-0.4, -0.2) is 30.9 Å². The third kappa shape index (κ3) is 3.86. The van der Waals surface area contributed by atoms with Crippen molar-refractivity contribution in [1.29, 1.82) is 0 Å². The maximum absolute atomic E-state index is 13.0. The van der Waals surface area contributed by atoms with Crippen molar-refractivity contribution in [2.45, 2.75) is 11.8 Å². The third-order valence-electron chi connectivity index (χ3n) is 3.61. The number of halogens is 1. The zero-order valence-corrected chi connectivity index (χ0v) is 15.4. The van der Waals surface area contributed by atoms with Crippen LogP contribution in [0.2, 0.25) is 0 Å². The lowest BCUT2D eigenvalue weighted by Gasteiger charge is -2.11. The molecule has 1 aliphatic heterocycles. The van der Waals surface area contributed by atoms with Crippen LogP contribution in [0.5, 0.6) is 0 Å². The Bertz CT molecular complexity index is 985. The number of thioether (sulfide) groups is 1. The zero-order chi connectivity index (χ0) is 18.7. The molecule has 0 N–H and O–H groups in total. The van der Waals surface area contributed by atoms with E-state index in [0.717, 1.165) is 41.6 Å². The molecule has 0 saturated carbocycles. The van der Waals surface area contributed by atoms with Crippen molar-refractivity contribution in [2.75, 3.05) is 6.54 Å². The Kier molecular flexibility index (Phi) is 5.24. The van der Waals surface area contributed by atoms with Gasteiger partial charge in [-0.15, -0.1) is 4.40 Å². The summed E-state index contributed by atoms with van der Waals surface area (Å²) in [6.07, 6.45) is 1.70. The van der Waals surface area contributed by atoms with Gasteiger partial charge in [0.15, 0.2) is 5.17 Å². The first-order valence-corrected chi connectivity index (χ1v) is 10.0. The molecule has 1 amide bonds. The van der Waals surface area contributed by atoms with Crippen molar-refractivity contribution in [3.05, 3.63) is 70.9 Å². The summed E-state index contributed by atoms with van der Waals surface area (Å²) in [6.45, 7) is 2.03. The van der Waals surface area contributed by atoms with E-state index in [1.807, 2.05) is 30.3 Å². The van der Waals surface area contributed by atoms with Crippen molar-refractivity contribution in [2.24, 2.45) is 4.40 Å². The fourth-order valence-corrected chi connectivity index (χ4v) is 4.56. The Morgan fingerprint density at radius 1 is 1.12 bits per heavy atom. The molecule has 0 bridgehead atoms. The van der Waals surface area contributed by atoms with Crippen LogP contribution in [0.3, 0.4) is 0 Å². The summed E-state index contributed by atoms with van der Waals surface area (Å²) < 4.78 is 41.7. The Morgan fingerprint density at radius 2 is 1.77 bits per heavy atom. The van der Waals surface area contributed by atoms with Gasteiger partial charge in [0.05, 0.1) is 9.80 Å². The molecule has 1 fully saturated rings. The lowest BCUT2D eigenvalue weighted by atomic mass is 10.2. The molecule has 0 radical (unpaired) electrons. The maximum atomic E-state index is 13.0. The number of carbonyl (C=O) groups is 1. The van der Waals surface area contributed by atoms with E-state index in [4.69, 9.17) is 0 Å². The number of hydrogen-bond acceptors (Lipinski definition) is 4. The van der Waals surface area contributed by atoms with Gasteiger partial charge in [0.2, 0.25) is 0 Å². The number of sulfonamides is 1. The van der Waals surface area contributed by atoms with Gasteiger partial charge >= 0.3 is 0 Å². The number of carbonyl (C=O) groups excluding carboxylic acids is 1. The van der Waals surface area contributed by atoms with Crippen LogP contribution in [-0.2, 0) is 14.8 Å². The van der Waals surface area contributed by atoms with Gasteiger partial charge in [-0.2, -0.15) is 8.42 Å². The summed E-state index contributed by atoms with van der Waals surface area (Å²) in [4.78, 5) is 14.1. The van der Waals surface area contributed by atoms with Crippen LogP contribution in [0.15, 0.2) is 68.8 Å². The maximum Gasteiger partial charge on any atom is 0.284 e. The fraction of sp³-hybridized carbons (Fsp3) is 0.111. The molecule has 134 valence electrons. The quantitative estimate of drug-likeness (QED) is 0.750. The van der Waals surface area contributed by atoms with E-state index in [2.05, 4.69) is 4.40 Å². The lowest BCUT2D eigenvalue weighted by Crippen LogP contribution is -2.29. The standard InChI is InChI=1S/C18H15FN2O3S2/c1-2-21-17(22)16(12-13-6-4-3-5-7-13)25-18(21)20-26(23,24)15-10-8-14(19)9-11-15/h3-12H,2H2,1H3. The molecule has 1 heterocycles. The second-order valence-corrected chi connectivity index (χ2v) is 7.99. The minimum absolute atomic E-state index is 0.0870. The van der Waals surface area contributed by atoms with Gasteiger partial charge in [-0.1, -0.05) is 30.3 Å². The van der Waals surface area contributed by atoms with Crippen molar-refractivity contribution < 1.29 is 17.6 Å². The molecule has 1 saturated heterocycles. The lowest BCUT2D eigenvalue weighted by molar-refractivity contribution is -0.122. The summed E-state index contributed by atoms with van der Waals surface area (Å²) >= 11 is 1.01. The molecule has 1 aliphatic rings. The van der Waals surface area contributed by atoms with Gasteiger partial charge in [0, 0.05) is 6.54 Å². The summed E-state index contributed by atoms with van der Waals surface area (Å²) in [5, 5.41) is 0.0870. The van der Waals surface area contributed by atoms with E-state index in [1.54, 1.807) is 13.0 Å². The number of hydrogen-bond donors (Lipinski definition) is 0. The Balaban J connectivity index is 1.96. The van der Waals surface area contributed by atoms with Gasteiger partial charge in [-0.3, -0.25) is 9.69 Å². The minimum Gasteiger partial charge on any atom is -0.286 e. The minimum atomic E-state index is -4.04. The number of amidine groups is 1. The van der Waals surface area contributed by atoms with Gasteiger partial charge in [0.1, 0.15) is 5.82 Å². The van der Waals surface area contributed by atoms with Crippen LogP contribution in [0.1, 0.15) is 12.5 Å². The largest absolute Gasteiger partial charge is 0.286 e. The Labute approximate surface area is 155 Å². The normalized spacial score (nSPS) is 18.1. The van der Waals surface area contributed by atoms with Crippen molar-refractivity contribution in [3.63, 3.8) is 0 Å². The first kappa shape index (κ1) is 18.3. The smallest absolute Gasteiger partial charge is 0.284 e. The second kappa shape index (κ2) is 7.43. The topological polar surface area (TPSA) is 66.8 Å². The Morgan fingerprint density at radius 3 is 2.38 bits per heavy atom. The first-order valence-electron chi connectivity index (χ1n) is 7.77. The number of rotatable bonds is 4. The average molecular weight is 390 g/mol. The van der Waals surface area contributed by atoms with Crippen LogP contribution in [0, 0.1) is 5.82 Å². The van der Waals surface area contributed by atoms with Crippen LogP contribution in [0.25, 0.3) is 6.08 Å². The molecule has 2 aromatic carbocycles. The summed E-state index contributed by atoms with van der Waals surface area (Å²) in [5.41, 5.74) is 0.835. The molecule has 8 heteroatoms. The third-order valence-corrected chi connectivity index (χ3v) is 6.01. The van der Waals surface area contributed by atoms with Crippen molar-refractivity contribution >= 4 is 38.9 Å². The molecule has 0 spiro atoms. The van der Waals surface area contributed by atoms with Gasteiger partial charge in [-0.05, 0) is 54.6 Å². The second-order valence-electron chi connectivity index (χ2n) is 5.37. The highest BCUT2D eigenvalue weighted by molar-refractivity contribution is 8.19. The van der Waals surface area contributed by atoms with Crippen molar-refractivity contribution in [3.8, 4) is 0 Å². The average Bonchev–Trinajstić information content (AvgIpc) is 2.90. The number of benzene rings is 2. The SMILES string of the molecule is CCN1C(=O)C(=Cc2ccccc2)SC1=NS(=O)(=O)c1ccc(F)cc1. The molecule has 2 aromatic rings. The molecule has 0 aliphatic carbocycles. The van der Waals surface area contributed by atoms with E-state index in [1.165, 1.54) is 4.90 Å². The predicted molar refractivity (Wildman–Crippen MR) is 100 cm³/mol. The van der Waals surface area contributed by atoms with E-state index < -0.39 is 15.8 Å². The molecule has 0 aromatic heterocycles. The highest BCUT2D eigenvalue weighted by atomic mass is 32.2. The monoisotopic (exact) mass is 390 g/mol. The summed E-state index contributed by atoms with van der Waals surface area (Å²) in [6, 6.07) is 13.7. The van der Waals surface area contributed by atoms with E-state index in [-0.39, 0.29) is 22.5 Å². The van der Waals surface area contributed by atoms with E-state index in [0.29, 0.717) is 4.91 Å². The molecule has 26 heavy (non-hydrogen) atoms. The fourth-order valence-electron chi connectivity index (χ4n) is 2.32. The van der Waals surface area contributed by atoms with Crippen LogP contribution >= 0.6 is 11.8 Å². The molecule has 0 unspecified atom stereocenters. The highest BCUT2D eigenvalue weighted by Crippen LogP contribution is 2.33. The molecular formula is C18H15FN2O3S2. The molecule has 5 nitrogen and oxygen atoms in total. The Hall–Kier alpha value is -2.45. The van der Waals surface area contributed by atoms with Gasteiger partial charge in [-0.25, -0.2) is 4.39 Å². The number of nitrogens with zero attached hydrogens (tertiary/aromatic N) is 2. The summed E-state index contributed by atoms with van der Waals surface area (Å²) in [5.74, 6) is -0.834. The van der Waals surface area contributed by atoms with Crippen molar-refractivity contribution in [1.82, 2.24) is 4.90 Å². The van der Waals surface area contributed by atoms with Crippen LogP contribution in [0.4, 0.5) is 4.39 Å². The molecule has 0 atom stereocenters. The van der Waals surface area contributed by atoms with Crippen LogP contribution < -0.4 is 0 Å². The van der Waals surface area contributed by atoms with Gasteiger partial charge in [0.25, 0.3) is 15.9 Å². The number of likely N-dealkylation sites (N-methyl/N-ethyl adjacent to an activating group) is 1. The molecule has 3 rings (SSSR count). The van der Waals surface area contributed by atoms with E-state index >= 15 is 0 Å². The molecular weight excluding hydrogens is 375 g/mol. The van der Waals surface area contributed by atoms with Gasteiger partial charge < -0.3 is 0 Å². The highest BCUT2D eigenvalue weighted by Gasteiger charge is 2.34.